The van der Waals surface area contributed by atoms with Crippen molar-refractivity contribution in [1.29, 1.82) is 0 Å². The number of ketones is 1. The normalized spacial score (nSPS) is 13.4. The van der Waals surface area contributed by atoms with Crippen LogP contribution in [-0.4, -0.2) is 74.6 Å². The number of thiol groups is 1. The van der Waals surface area contributed by atoms with Gasteiger partial charge in [-0.3, -0.25) is 24.0 Å². The highest BCUT2D eigenvalue weighted by atomic mass is 32.1. The lowest BCUT2D eigenvalue weighted by Gasteiger charge is -2.39. The molecule has 0 saturated heterocycles. The highest BCUT2D eigenvalue weighted by molar-refractivity contribution is 7.80. The third-order valence-electron chi connectivity index (χ3n) is 3.79. The number of nitrogens with one attached hydrogen (secondary N) is 1. The number of Topliss-reactive ketones (excluding diaryl/α,β-unsaturated/α-hetero) is 1. The van der Waals surface area contributed by atoms with Crippen molar-refractivity contribution in [3.05, 3.63) is 0 Å². The largest absolute Gasteiger partial charge is 0.480 e. The quantitative estimate of drug-likeness (QED) is 0.265. The molecule has 0 saturated carbocycles. The number of carboxylic acid groups (broad SMARTS) is 2. The summed E-state index contributed by atoms with van der Waals surface area (Å²) in [6.07, 6.45) is -0.406. The first-order chi connectivity index (χ1) is 12.3. The van der Waals surface area contributed by atoms with Gasteiger partial charge in [-0.15, -0.1) is 0 Å². The molecule has 2 amide bonds. The summed E-state index contributed by atoms with van der Waals surface area (Å²) >= 11 is 4.03. The minimum absolute atomic E-state index is 0.0628. The fourth-order valence-corrected chi connectivity index (χ4v) is 2.73. The Bertz CT molecular complexity index is 595. The number of rotatable bonds is 12. The highest BCUT2D eigenvalue weighted by Gasteiger charge is 2.37. The van der Waals surface area contributed by atoms with Crippen LogP contribution in [0.4, 0.5) is 0 Å². The van der Waals surface area contributed by atoms with Crippen molar-refractivity contribution in [3.63, 3.8) is 0 Å². The Kier molecular flexibility index (Phi) is 10.0. The van der Waals surface area contributed by atoms with E-state index >= 15 is 0 Å². The average molecular weight is 405 g/mol. The number of hydrogen-bond donors (Lipinski definition) is 5. The van der Waals surface area contributed by atoms with Crippen LogP contribution in [0, 0.1) is 0 Å². The smallest absolute Gasteiger partial charge is 0.323 e. The van der Waals surface area contributed by atoms with E-state index in [-0.39, 0.29) is 30.8 Å². The number of amides is 2. The summed E-state index contributed by atoms with van der Waals surface area (Å²) in [6, 6.07) is -2.34. The van der Waals surface area contributed by atoms with Crippen molar-refractivity contribution in [2.45, 2.75) is 57.7 Å². The molecule has 0 rings (SSSR count). The van der Waals surface area contributed by atoms with Gasteiger partial charge in [0, 0.05) is 24.1 Å². The molecule has 0 fully saturated rings. The lowest BCUT2D eigenvalue weighted by Crippen LogP contribution is -2.58. The topological polar surface area (TPSA) is 167 Å². The van der Waals surface area contributed by atoms with Gasteiger partial charge in [0.05, 0.1) is 0 Å². The molecule has 5 N–H and O–H groups in total. The first-order valence-electron chi connectivity index (χ1n) is 8.23. The maximum atomic E-state index is 12.8. The lowest BCUT2D eigenvalue weighted by atomic mass is 9.94. The van der Waals surface area contributed by atoms with Crippen molar-refractivity contribution < 1.29 is 34.2 Å². The minimum Gasteiger partial charge on any atom is -0.480 e. The summed E-state index contributed by atoms with van der Waals surface area (Å²) < 4.78 is 0. The predicted octanol–water partition coefficient (Wildman–Crippen LogP) is -0.736. The second-order valence-corrected chi connectivity index (χ2v) is 7.16. The summed E-state index contributed by atoms with van der Waals surface area (Å²) in [5.41, 5.74) is 4.24. The van der Waals surface area contributed by atoms with Crippen LogP contribution in [0.1, 0.15) is 40.0 Å². The van der Waals surface area contributed by atoms with E-state index in [1.165, 1.54) is 6.92 Å². The molecule has 0 radical (unpaired) electrons. The standard InChI is InChI=1S/C16H27N3O7S/c1-9(20)6-16(2,3)19(7-13(22)23)14(24)11(8-27)18-12(21)5-4-10(17)15(25)26/h10-11,27H,4-8,17H2,1-3H3,(H,18,21)(H,22,23)(H,25,26)/t10?,11-/m1/s1. The Labute approximate surface area is 162 Å². The van der Waals surface area contributed by atoms with Gasteiger partial charge in [0.25, 0.3) is 0 Å². The maximum absolute atomic E-state index is 12.8. The van der Waals surface area contributed by atoms with E-state index in [1.807, 2.05) is 0 Å². The predicted molar refractivity (Wildman–Crippen MR) is 99.4 cm³/mol. The first-order valence-corrected chi connectivity index (χ1v) is 8.86. The monoisotopic (exact) mass is 405 g/mol. The fraction of sp³-hybridized carbons (Fsp3) is 0.688. The van der Waals surface area contributed by atoms with Crippen LogP contribution in [0.15, 0.2) is 0 Å². The number of hydrogen-bond acceptors (Lipinski definition) is 7. The Balaban J connectivity index is 5.24. The number of carboxylic acids is 2. The second kappa shape index (κ2) is 10.9. The summed E-state index contributed by atoms with van der Waals surface area (Å²) in [4.78, 5) is 59.1. The van der Waals surface area contributed by atoms with Crippen LogP contribution in [0.2, 0.25) is 0 Å². The average Bonchev–Trinajstić information content (AvgIpc) is 2.53. The lowest BCUT2D eigenvalue weighted by molar-refractivity contribution is -0.151. The number of aliphatic carboxylic acids is 2. The molecule has 10 nitrogen and oxygen atoms in total. The summed E-state index contributed by atoms with van der Waals surface area (Å²) in [5, 5.41) is 20.2. The van der Waals surface area contributed by atoms with Gasteiger partial charge in [-0.05, 0) is 27.2 Å². The van der Waals surface area contributed by atoms with Crippen molar-refractivity contribution in [3.8, 4) is 0 Å². The van der Waals surface area contributed by atoms with Crippen LogP contribution in [-0.2, 0) is 24.0 Å². The molecule has 11 heteroatoms. The molecule has 0 aliphatic heterocycles. The van der Waals surface area contributed by atoms with E-state index in [4.69, 9.17) is 15.9 Å². The molecule has 2 atom stereocenters. The molecule has 154 valence electrons. The number of nitrogens with two attached hydrogens (primary N) is 1. The van der Waals surface area contributed by atoms with Crippen LogP contribution >= 0.6 is 12.6 Å². The third-order valence-corrected chi connectivity index (χ3v) is 4.15. The van der Waals surface area contributed by atoms with E-state index in [2.05, 4.69) is 17.9 Å². The summed E-state index contributed by atoms with van der Waals surface area (Å²) in [5.74, 6) is -4.16. The molecule has 0 aromatic heterocycles. The zero-order valence-corrected chi connectivity index (χ0v) is 16.5. The third kappa shape index (κ3) is 8.87. The van der Waals surface area contributed by atoms with Gasteiger partial charge in [0.1, 0.15) is 24.4 Å². The first kappa shape index (κ1) is 24.9. The van der Waals surface area contributed by atoms with Crippen molar-refractivity contribution in [2.75, 3.05) is 12.3 Å². The molecule has 0 aliphatic rings. The van der Waals surface area contributed by atoms with Gasteiger partial charge in [-0.25, -0.2) is 0 Å². The minimum atomic E-state index is -1.27. The van der Waals surface area contributed by atoms with Gasteiger partial charge >= 0.3 is 11.9 Å². The Morgan fingerprint density at radius 3 is 2.15 bits per heavy atom. The van der Waals surface area contributed by atoms with Gasteiger partial charge in [-0.1, -0.05) is 0 Å². The molecule has 0 spiro atoms. The molecule has 27 heavy (non-hydrogen) atoms. The Hall–Kier alpha value is -2.14. The van der Waals surface area contributed by atoms with E-state index in [0.717, 1.165) is 4.90 Å². The zero-order chi connectivity index (χ0) is 21.4. The van der Waals surface area contributed by atoms with Crippen molar-refractivity contribution >= 4 is 42.2 Å². The fourth-order valence-electron chi connectivity index (χ4n) is 2.48. The Morgan fingerprint density at radius 1 is 1.19 bits per heavy atom. The van der Waals surface area contributed by atoms with Gasteiger partial charge < -0.3 is 26.2 Å². The summed E-state index contributed by atoms with van der Waals surface area (Å²) in [6.45, 7) is 3.79. The van der Waals surface area contributed by atoms with Crippen LogP contribution in [0.25, 0.3) is 0 Å². The molecule has 0 bridgehead atoms. The number of nitrogens with zero attached hydrogens (tertiary/aromatic N) is 1. The molecular formula is C16H27N3O7S. The van der Waals surface area contributed by atoms with E-state index in [1.54, 1.807) is 13.8 Å². The van der Waals surface area contributed by atoms with Crippen LogP contribution in [0.5, 0.6) is 0 Å². The second-order valence-electron chi connectivity index (χ2n) is 6.80. The van der Waals surface area contributed by atoms with E-state index in [0.29, 0.717) is 0 Å². The highest BCUT2D eigenvalue weighted by Crippen LogP contribution is 2.21. The molecule has 0 aromatic rings. The molecule has 0 heterocycles. The van der Waals surface area contributed by atoms with Crippen molar-refractivity contribution in [2.24, 2.45) is 5.73 Å². The van der Waals surface area contributed by atoms with Crippen molar-refractivity contribution in [1.82, 2.24) is 10.2 Å². The van der Waals surface area contributed by atoms with Gasteiger partial charge in [0.2, 0.25) is 11.8 Å². The van der Waals surface area contributed by atoms with Crippen LogP contribution in [0.3, 0.4) is 0 Å². The SMILES string of the molecule is CC(=O)CC(C)(C)N(CC(=O)O)C(=O)[C@@H](CS)NC(=O)CCC(N)C(=O)O. The van der Waals surface area contributed by atoms with Gasteiger partial charge in [0.15, 0.2) is 0 Å². The number of carbonyl (C=O) groups is 5. The maximum Gasteiger partial charge on any atom is 0.323 e. The molecule has 0 aromatic carbocycles. The van der Waals surface area contributed by atoms with E-state index in [9.17, 15) is 24.0 Å². The zero-order valence-electron chi connectivity index (χ0n) is 15.6. The summed E-state index contributed by atoms with van der Waals surface area (Å²) in [7, 11) is 0. The molecular weight excluding hydrogens is 378 g/mol. The Morgan fingerprint density at radius 2 is 1.74 bits per heavy atom. The van der Waals surface area contributed by atoms with Crippen LogP contribution < -0.4 is 11.1 Å². The molecule has 1 unspecified atom stereocenters. The molecule has 0 aliphatic carbocycles. The van der Waals surface area contributed by atoms with E-state index < -0.39 is 47.9 Å². The number of carbonyl (C=O) groups excluding carboxylic acids is 3. The van der Waals surface area contributed by atoms with Gasteiger partial charge in [-0.2, -0.15) is 12.6 Å².